The van der Waals surface area contributed by atoms with Crippen molar-refractivity contribution in [3.8, 4) is 5.75 Å². The molecule has 2 aromatic rings. The number of hydrogen-bond donors (Lipinski definition) is 1. The van der Waals surface area contributed by atoms with E-state index in [9.17, 15) is 4.79 Å². The molecular formula is C23H32N4O2. The van der Waals surface area contributed by atoms with E-state index in [2.05, 4.69) is 27.5 Å². The smallest absolute Gasteiger partial charge is 0.224 e. The van der Waals surface area contributed by atoms with Crippen LogP contribution in [0.15, 0.2) is 24.3 Å². The summed E-state index contributed by atoms with van der Waals surface area (Å²) in [5.41, 5.74) is 1.31. The fourth-order valence-corrected chi connectivity index (χ4v) is 5.33. The van der Waals surface area contributed by atoms with Crippen molar-refractivity contribution in [1.29, 1.82) is 0 Å². The minimum atomic E-state index is -0.144. The molecule has 1 N–H and O–H groups in total. The van der Waals surface area contributed by atoms with Gasteiger partial charge in [0.25, 0.3) is 0 Å². The summed E-state index contributed by atoms with van der Waals surface area (Å²) in [4.78, 5) is 17.4. The van der Waals surface area contributed by atoms with Gasteiger partial charge in [0.2, 0.25) is 5.91 Å². The molecule has 0 spiro atoms. The lowest BCUT2D eigenvalue weighted by Gasteiger charge is -2.55. The van der Waals surface area contributed by atoms with E-state index in [1.165, 1.54) is 31.2 Å². The SMILES string of the molecule is COc1ccc([C@H]2[C@H]3CCCC[C@@H]3[C@@H]2NC(=O)[C@@H](C)Cn2nc(C)nc2C)cc1. The first kappa shape index (κ1) is 19.9. The molecule has 2 fully saturated rings. The third kappa shape index (κ3) is 3.89. The van der Waals surface area contributed by atoms with Crippen LogP contribution >= 0.6 is 0 Å². The minimum absolute atomic E-state index is 0.116. The average molecular weight is 397 g/mol. The molecular weight excluding hydrogens is 364 g/mol. The number of methoxy groups -OCH3 is 1. The standard InChI is InChI=1S/C23H32N4O2/c1-14(13-27-16(3)24-15(2)26-27)23(28)25-22-20-8-6-5-7-19(20)21(22)17-9-11-18(29-4)12-10-17/h9-12,14,19-22H,5-8,13H2,1-4H3,(H,25,28)/t14-,19-,20-,21-,22-/m0/s1. The molecule has 2 aliphatic rings. The Labute approximate surface area is 173 Å². The Morgan fingerprint density at radius 2 is 1.90 bits per heavy atom. The Kier molecular flexibility index (Phi) is 5.61. The Balaban J connectivity index is 1.47. The maximum absolute atomic E-state index is 13.0. The van der Waals surface area contributed by atoms with Crippen molar-refractivity contribution in [2.45, 2.75) is 65.0 Å². The number of ether oxygens (including phenoxy) is 1. The Bertz CT molecular complexity index is 860. The molecule has 5 atom stereocenters. The lowest BCUT2D eigenvalue weighted by atomic mass is 9.53. The molecule has 4 rings (SSSR count). The normalized spacial score (nSPS) is 26.9. The summed E-state index contributed by atoms with van der Waals surface area (Å²) in [6.07, 6.45) is 5.06. The lowest BCUT2D eigenvalue weighted by molar-refractivity contribution is -0.128. The van der Waals surface area contributed by atoms with Gasteiger partial charge < -0.3 is 10.1 Å². The highest BCUT2D eigenvalue weighted by atomic mass is 16.5. The molecule has 2 saturated carbocycles. The van der Waals surface area contributed by atoms with Crippen LogP contribution < -0.4 is 10.1 Å². The molecule has 156 valence electrons. The van der Waals surface area contributed by atoms with E-state index in [1.54, 1.807) is 7.11 Å². The first-order chi connectivity index (χ1) is 14.0. The highest BCUT2D eigenvalue weighted by molar-refractivity contribution is 5.79. The average Bonchev–Trinajstić information content (AvgIpc) is 3.03. The van der Waals surface area contributed by atoms with Gasteiger partial charge in [0.05, 0.1) is 19.6 Å². The van der Waals surface area contributed by atoms with Gasteiger partial charge in [0, 0.05) is 12.0 Å². The summed E-state index contributed by atoms with van der Waals surface area (Å²) in [6.45, 7) is 6.35. The van der Waals surface area contributed by atoms with E-state index in [0.29, 0.717) is 24.3 Å². The van der Waals surface area contributed by atoms with Gasteiger partial charge in [0.1, 0.15) is 17.4 Å². The maximum atomic E-state index is 13.0. The summed E-state index contributed by atoms with van der Waals surface area (Å²) >= 11 is 0. The molecule has 1 aromatic heterocycles. The van der Waals surface area contributed by atoms with Gasteiger partial charge in [-0.15, -0.1) is 0 Å². The second-order valence-electron chi connectivity index (χ2n) is 8.73. The number of nitrogens with zero attached hydrogens (tertiary/aromatic N) is 3. The Hall–Kier alpha value is -2.37. The van der Waals surface area contributed by atoms with Gasteiger partial charge in [-0.2, -0.15) is 5.10 Å². The Morgan fingerprint density at radius 1 is 1.21 bits per heavy atom. The number of rotatable bonds is 6. The van der Waals surface area contributed by atoms with Crippen molar-refractivity contribution in [3.63, 3.8) is 0 Å². The van der Waals surface area contributed by atoms with Crippen molar-refractivity contribution < 1.29 is 9.53 Å². The van der Waals surface area contributed by atoms with Crippen LogP contribution in [0.4, 0.5) is 0 Å². The van der Waals surface area contributed by atoms with Gasteiger partial charge in [-0.1, -0.05) is 31.9 Å². The first-order valence-electron chi connectivity index (χ1n) is 10.8. The second kappa shape index (κ2) is 8.17. The minimum Gasteiger partial charge on any atom is -0.497 e. The number of carbonyl (C=O) groups is 1. The monoisotopic (exact) mass is 396 g/mol. The second-order valence-corrected chi connectivity index (χ2v) is 8.73. The number of hydrogen-bond acceptors (Lipinski definition) is 4. The van der Waals surface area contributed by atoms with Crippen LogP contribution in [-0.2, 0) is 11.3 Å². The van der Waals surface area contributed by atoms with Crippen molar-refractivity contribution in [1.82, 2.24) is 20.1 Å². The first-order valence-corrected chi connectivity index (χ1v) is 10.8. The lowest BCUT2D eigenvalue weighted by Crippen LogP contribution is -2.60. The summed E-state index contributed by atoms with van der Waals surface area (Å²) in [5, 5.41) is 7.81. The van der Waals surface area contributed by atoms with Crippen LogP contribution in [-0.4, -0.2) is 33.8 Å². The molecule has 6 heteroatoms. The fourth-order valence-electron chi connectivity index (χ4n) is 5.33. The summed E-state index contributed by atoms with van der Waals surface area (Å²) in [5.74, 6) is 4.13. The number of nitrogens with one attached hydrogen (secondary N) is 1. The van der Waals surface area contributed by atoms with E-state index in [1.807, 2.05) is 37.6 Å². The zero-order valence-electron chi connectivity index (χ0n) is 17.9. The van der Waals surface area contributed by atoms with E-state index >= 15 is 0 Å². The highest BCUT2D eigenvalue weighted by Gasteiger charge is 2.51. The zero-order chi connectivity index (χ0) is 20.5. The summed E-state index contributed by atoms with van der Waals surface area (Å²) < 4.78 is 7.15. The third-order valence-electron chi connectivity index (χ3n) is 6.85. The molecule has 2 aliphatic carbocycles. The van der Waals surface area contributed by atoms with Gasteiger partial charge in [-0.3, -0.25) is 4.79 Å². The van der Waals surface area contributed by atoms with Crippen molar-refractivity contribution in [2.24, 2.45) is 17.8 Å². The molecule has 0 bridgehead atoms. The van der Waals surface area contributed by atoms with Crippen LogP contribution in [0, 0.1) is 31.6 Å². The number of carbonyl (C=O) groups excluding carboxylic acids is 1. The van der Waals surface area contributed by atoms with Gasteiger partial charge in [-0.25, -0.2) is 9.67 Å². The molecule has 29 heavy (non-hydrogen) atoms. The third-order valence-corrected chi connectivity index (χ3v) is 6.85. The van der Waals surface area contributed by atoms with Crippen molar-refractivity contribution >= 4 is 5.91 Å². The molecule has 0 radical (unpaired) electrons. The van der Waals surface area contributed by atoms with Crippen LogP contribution in [0.5, 0.6) is 5.75 Å². The number of fused-ring (bicyclic) bond motifs is 1. The zero-order valence-corrected chi connectivity index (χ0v) is 17.9. The van der Waals surface area contributed by atoms with E-state index in [-0.39, 0.29) is 17.9 Å². The number of benzene rings is 1. The summed E-state index contributed by atoms with van der Waals surface area (Å²) in [6, 6.07) is 8.62. The number of aromatic nitrogens is 3. The van der Waals surface area contributed by atoms with E-state index < -0.39 is 0 Å². The Morgan fingerprint density at radius 3 is 2.52 bits per heavy atom. The number of aryl methyl sites for hydroxylation is 2. The van der Waals surface area contributed by atoms with E-state index in [4.69, 9.17) is 4.74 Å². The summed E-state index contributed by atoms with van der Waals surface area (Å²) in [7, 11) is 1.69. The van der Waals surface area contributed by atoms with Crippen LogP contribution in [0.25, 0.3) is 0 Å². The molecule has 1 aromatic carbocycles. The van der Waals surface area contributed by atoms with Gasteiger partial charge >= 0.3 is 0 Å². The van der Waals surface area contributed by atoms with Gasteiger partial charge in [-0.05, 0) is 56.2 Å². The van der Waals surface area contributed by atoms with Crippen molar-refractivity contribution in [3.05, 3.63) is 41.5 Å². The predicted molar refractivity (Wildman–Crippen MR) is 112 cm³/mol. The molecule has 0 saturated heterocycles. The van der Waals surface area contributed by atoms with Gasteiger partial charge in [0.15, 0.2) is 0 Å². The van der Waals surface area contributed by atoms with E-state index in [0.717, 1.165) is 17.4 Å². The molecule has 0 unspecified atom stereocenters. The quantitative estimate of drug-likeness (QED) is 0.810. The maximum Gasteiger partial charge on any atom is 0.224 e. The largest absolute Gasteiger partial charge is 0.497 e. The molecule has 6 nitrogen and oxygen atoms in total. The molecule has 1 heterocycles. The fraction of sp³-hybridized carbons (Fsp3) is 0.609. The van der Waals surface area contributed by atoms with Crippen LogP contribution in [0.1, 0.15) is 55.7 Å². The molecule has 0 aliphatic heterocycles. The topological polar surface area (TPSA) is 69.0 Å². The number of amides is 1. The van der Waals surface area contributed by atoms with Crippen molar-refractivity contribution in [2.75, 3.05) is 7.11 Å². The highest BCUT2D eigenvalue weighted by Crippen LogP contribution is 2.54. The van der Waals surface area contributed by atoms with Crippen LogP contribution in [0.3, 0.4) is 0 Å². The predicted octanol–water partition coefficient (Wildman–Crippen LogP) is 3.63. The van der Waals surface area contributed by atoms with Crippen LogP contribution in [0.2, 0.25) is 0 Å². The molecule has 1 amide bonds.